The predicted octanol–water partition coefficient (Wildman–Crippen LogP) is 2.95. The molecule has 0 aliphatic rings. The summed E-state index contributed by atoms with van der Waals surface area (Å²) in [5.41, 5.74) is -0.0596. The number of nitrogens with zero attached hydrogens (tertiary/aromatic N) is 2. The smallest absolute Gasteiger partial charge is 0.303 e. The van der Waals surface area contributed by atoms with Gasteiger partial charge >= 0.3 is 5.97 Å². The Morgan fingerprint density at radius 1 is 1.14 bits per heavy atom. The molecule has 1 aromatic carbocycles. The lowest BCUT2D eigenvalue weighted by atomic mass is 10.2. The third-order valence-corrected chi connectivity index (χ3v) is 2.73. The number of rotatable bonds is 6. The van der Waals surface area contributed by atoms with Gasteiger partial charge in [-0.2, -0.15) is 0 Å². The van der Waals surface area contributed by atoms with E-state index in [9.17, 15) is 18.0 Å². The number of carboxylic acid groups (broad SMARTS) is 1. The van der Waals surface area contributed by atoms with E-state index in [2.05, 4.69) is 10.2 Å². The highest BCUT2D eigenvalue weighted by Crippen LogP contribution is 2.23. The van der Waals surface area contributed by atoms with E-state index in [1.54, 1.807) is 0 Å². The maximum atomic E-state index is 13.1. The molecule has 0 bridgehead atoms. The molecule has 0 amide bonds. The first-order valence-electron chi connectivity index (χ1n) is 6.16. The molecule has 0 spiro atoms. The standard InChI is InChI=1S/C13H11F3N2O3/c14-8-5-7(6-9(15)12(8)16)13-18-17-10(21-13)3-1-2-4-11(19)20/h5-6H,1-4H2,(H,19,20). The summed E-state index contributed by atoms with van der Waals surface area (Å²) < 4.78 is 44.2. The van der Waals surface area contributed by atoms with Crippen LogP contribution in [0.3, 0.4) is 0 Å². The third kappa shape index (κ3) is 3.80. The number of benzene rings is 1. The third-order valence-electron chi connectivity index (χ3n) is 2.73. The van der Waals surface area contributed by atoms with Gasteiger partial charge in [0.05, 0.1) is 0 Å². The zero-order valence-electron chi connectivity index (χ0n) is 10.8. The molecule has 21 heavy (non-hydrogen) atoms. The molecule has 0 aliphatic heterocycles. The lowest BCUT2D eigenvalue weighted by molar-refractivity contribution is -0.137. The highest BCUT2D eigenvalue weighted by atomic mass is 19.2. The number of halogens is 3. The minimum atomic E-state index is -1.56. The lowest BCUT2D eigenvalue weighted by Crippen LogP contribution is -1.95. The largest absolute Gasteiger partial charge is 0.481 e. The van der Waals surface area contributed by atoms with E-state index in [4.69, 9.17) is 9.52 Å². The number of hydrogen-bond acceptors (Lipinski definition) is 4. The molecule has 0 atom stereocenters. The van der Waals surface area contributed by atoms with Crippen molar-refractivity contribution in [2.45, 2.75) is 25.7 Å². The highest BCUT2D eigenvalue weighted by molar-refractivity contribution is 5.66. The molecule has 112 valence electrons. The molecule has 0 saturated carbocycles. The topological polar surface area (TPSA) is 76.2 Å². The average molecular weight is 300 g/mol. The second-order valence-corrected chi connectivity index (χ2v) is 4.36. The summed E-state index contributed by atoms with van der Waals surface area (Å²) in [6, 6.07) is 1.53. The molecule has 2 aromatic rings. The molecular formula is C13H11F3N2O3. The van der Waals surface area contributed by atoms with Gasteiger partial charge in [-0.05, 0) is 25.0 Å². The maximum absolute atomic E-state index is 13.1. The van der Waals surface area contributed by atoms with Gasteiger partial charge in [0.15, 0.2) is 17.5 Å². The Labute approximate surface area is 117 Å². The molecule has 1 N–H and O–H groups in total. The summed E-state index contributed by atoms with van der Waals surface area (Å²) in [6.45, 7) is 0. The number of unbranched alkanes of at least 4 members (excludes halogenated alkanes) is 1. The first kappa shape index (κ1) is 15.0. The minimum absolute atomic E-state index is 0.0371. The fraction of sp³-hybridized carbons (Fsp3) is 0.308. The normalized spacial score (nSPS) is 10.8. The van der Waals surface area contributed by atoms with Crippen molar-refractivity contribution in [3.05, 3.63) is 35.5 Å². The SMILES string of the molecule is O=C(O)CCCCc1nnc(-c2cc(F)c(F)c(F)c2)o1. The summed E-state index contributed by atoms with van der Waals surface area (Å²) in [5, 5.41) is 15.8. The van der Waals surface area contributed by atoms with Gasteiger partial charge in [0, 0.05) is 18.4 Å². The van der Waals surface area contributed by atoms with Crippen molar-refractivity contribution in [3.8, 4) is 11.5 Å². The number of hydrogen-bond donors (Lipinski definition) is 1. The van der Waals surface area contributed by atoms with E-state index in [1.807, 2.05) is 0 Å². The van der Waals surface area contributed by atoms with Crippen LogP contribution in [0, 0.1) is 17.5 Å². The maximum Gasteiger partial charge on any atom is 0.303 e. The molecule has 0 radical (unpaired) electrons. The first-order chi connectivity index (χ1) is 9.97. The second kappa shape index (κ2) is 6.38. The Morgan fingerprint density at radius 2 is 1.81 bits per heavy atom. The molecular weight excluding hydrogens is 289 g/mol. The van der Waals surface area contributed by atoms with Gasteiger partial charge in [0.25, 0.3) is 0 Å². The van der Waals surface area contributed by atoms with Gasteiger partial charge in [0.2, 0.25) is 11.8 Å². The van der Waals surface area contributed by atoms with Crippen LogP contribution in [0.1, 0.15) is 25.2 Å². The van der Waals surface area contributed by atoms with Crippen LogP contribution in [0.15, 0.2) is 16.5 Å². The van der Waals surface area contributed by atoms with Gasteiger partial charge in [-0.15, -0.1) is 10.2 Å². The molecule has 8 heteroatoms. The quantitative estimate of drug-likeness (QED) is 0.655. The van der Waals surface area contributed by atoms with Crippen molar-refractivity contribution in [2.24, 2.45) is 0 Å². The van der Waals surface area contributed by atoms with E-state index in [-0.39, 0.29) is 23.8 Å². The van der Waals surface area contributed by atoms with Crippen LogP contribution < -0.4 is 0 Å². The molecule has 0 saturated heterocycles. The molecule has 0 aliphatic carbocycles. The first-order valence-corrected chi connectivity index (χ1v) is 6.16. The molecule has 2 rings (SSSR count). The molecule has 1 heterocycles. The van der Waals surface area contributed by atoms with E-state index in [0.29, 0.717) is 19.3 Å². The van der Waals surface area contributed by atoms with Crippen LogP contribution in [0.25, 0.3) is 11.5 Å². The molecule has 5 nitrogen and oxygen atoms in total. The van der Waals surface area contributed by atoms with Crippen LogP contribution in [0.4, 0.5) is 13.2 Å². The monoisotopic (exact) mass is 300 g/mol. The van der Waals surface area contributed by atoms with Crippen molar-refractivity contribution in [3.63, 3.8) is 0 Å². The zero-order chi connectivity index (χ0) is 15.4. The van der Waals surface area contributed by atoms with Gasteiger partial charge in [-0.3, -0.25) is 4.79 Å². The molecule has 0 fully saturated rings. The van der Waals surface area contributed by atoms with Crippen LogP contribution >= 0.6 is 0 Å². The van der Waals surface area contributed by atoms with Gasteiger partial charge in [-0.25, -0.2) is 13.2 Å². The predicted molar refractivity (Wildman–Crippen MR) is 64.8 cm³/mol. The summed E-state index contributed by atoms with van der Waals surface area (Å²) >= 11 is 0. The van der Waals surface area contributed by atoms with Crippen molar-refractivity contribution < 1.29 is 27.5 Å². The van der Waals surface area contributed by atoms with E-state index in [0.717, 1.165) is 12.1 Å². The Bertz CT molecular complexity index is 635. The van der Waals surface area contributed by atoms with Crippen molar-refractivity contribution in [1.29, 1.82) is 0 Å². The summed E-state index contributed by atoms with van der Waals surface area (Å²) in [5.74, 6) is -5.04. The number of carbonyl (C=O) groups is 1. The van der Waals surface area contributed by atoms with Gasteiger partial charge in [-0.1, -0.05) is 0 Å². The lowest BCUT2D eigenvalue weighted by Gasteiger charge is -1.98. The molecule has 0 unspecified atom stereocenters. The van der Waals surface area contributed by atoms with E-state index < -0.39 is 23.4 Å². The second-order valence-electron chi connectivity index (χ2n) is 4.36. The number of aryl methyl sites for hydroxylation is 1. The Balaban J connectivity index is 2.04. The van der Waals surface area contributed by atoms with Gasteiger partial charge in [0.1, 0.15) is 0 Å². The number of aliphatic carboxylic acids is 1. The molecule has 1 aromatic heterocycles. The van der Waals surface area contributed by atoms with E-state index in [1.165, 1.54) is 0 Å². The van der Waals surface area contributed by atoms with Gasteiger partial charge < -0.3 is 9.52 Å². The fourth-order valence-corrected chi connectivity index (χ4v) is 1.70. The average Bonchev–Trinajstić information content (AvgIpc) is 2.89. The summed E-state index contributed by atoms with van der Waals surface area (Å²) in [6.07, 6.45) is 1.37. The number of aromatic nitrogens is 2. The van der Waals surface area contributed by atoms with E-state index >= 15 is 0 Å². The van der Waals surface area contributed by atoms with Crippen molar-refractivity contribution >= 4 is 5.97 Å². The van der Waals surface area contributed by atoms with Crippen LogP contribution in [-0.4, -0.2) is 21.3 Å². The Hall–Kier alpha value is -2.38. The van der Waals surface area contributed by atoms with Crippen LogP contribution in [0.2, 0.25) is 0 Å². The summed E-state index contributed by atoms with van der Waals surface area (Å²) in [4.78, 5) is 10.3. The Kier molecular flexibility index (Phi) is 4.56. The number of carboxylic acids is 1. The highest BCUT2D eigenvalue weighted by Gasteiger charge is 2.15. The minimum Gasteiger partial charge on any atom is -0.481 e. The zero-order valence-corrected chi connectivity index (χ0v) is 10.8. The van der Waals surface area contributed by atoms with Crippen molar-refractivity contribution in [2.75, 3.05) is 0 Å². The van der Waals surface area contributed by atoms with Crippen LogP contribution in [0.5, 0.6) is 0 Å². The Morgan fingerprint density at radius 3 is 2.43 bits per heavy atom. The fourth-order valence-electron chi connectivity index (χ4n) is 1.70. The summed E-state index contributed by atoms with van der Waals surface area (Å²) in [7, 11) is 0. The van der Waals surface area contributed by atoms with Crippen LogP contribution in [-0.2, 0) is 11.2 Å². The van der Waals surface area contributed by atoms with Crippen molar-refractivity contribution in [1.82, 2.24) is 10.2 Å².